The summed E-state index contributed by atoms with van der Waals surface area (Å²) in [5.74, 6) is 2.07. The molecule has 24 heavy (non-hydrogen) atoms. The van der Waals surface area contributed by atoms with Crippen LogP contribution in [0.5, 0.6) is 5.75 Å². The van der Waals surface area contributed by atoms with Crippen molar-refractivity contribution in [1.82, 2.24) is 15.2 Å². The largest absolute Gasteiger partial charge is 0.497 e. The fraction of sp³-hybridized carbons (Fsp3) is 0.176. The number of hydrogen-bond donors (Lipinski definition) is 3. The van der Waals surface area contributed by atoms with Gasteiger partial charge in [0.1, 0.15) is 11.6 Å². The lowest BCUT2D eigenvalue weighted by Crippen LogP contribution is -2.13. The summed E-state index contributed by atoms with van der Waals surface area (Å²) in [6.45, 7) is 0.521. The molecule has 2 aromatic carbocycles. The van der Waals surface area contributed by atoms with Crippen molar-refractivity contribution in [3.05, 3.63) is 70.8 Å². The van der Waals surface area contributed by atoms with E-state index < -0.39 is 6.04 Å². The number of nitrogens with two attached hydrogens (primary N) is 1. The minimum atomic E-state index is -0.395. The number of benzene rings is 2. The van der Waals surface area contributed by atoms with E-state index in [1.807, 2.05) is 36.4 Å². The Hall–Kier alpha value is -2.57. The summed E-state index contributed by atoms with van der Waals surface area (Å²) < 4.78 is 5.13. The first kappa shape index (κ1) is 16.3. The summed E-state index contributed by atoms with van der Waals surface area (Å²) in [5, 5.41) is 11.0. The average Bonchev–Trinajstić information content (AvgIpc) is 3.09. The van der Waals surface area contributed by atoms with Crippen LogP contribution in [0.4, 0.5) is 5.69 Å². The van der Waals surface area contributed by atoms with Gasteiger partial charge in [0, 0.05) is 10.7 Å². The Morgan fingerprint density at radius 1 is 1.17 bits per heavy atom. The number of ether oxygens (including phenoxy) is 1. The molecule has 0 amide bonds. The predicted molar refractivity (Wildman–Crippen MR) is 94.2 cm³/mol. The van der Waals surface area contributed by atoms with Gasteiger partial charge in [-0.25, -0.2) is 4.98 Å². The average molecular weight is 344 g/mol. The molecule has 124 valence electrons. The number of hydrogen-bond acceptors (Lipinski definition) is 5. The Labute approximate surface area is 145 Å². The topological polar surface area (TPSA) is 88.8 Å². The highest BCUT2D eigenvalue weighted by molar-refractivity contribution is 6.30. The number of nitrogens with zero attached hydrogens (tertiary/aromatic N) is 2. The maximum Gasteiger partial charge on any atom is 0.171 e. The Kier molecular flexibility index (Phi) is 4.98. The molecule has 3 aromatic rings. The predicted octanol–water partition coefficient (Wildman–Crippen LogP) is 3.13. The SMILES string of the molecule is COc1ccc(NCc2nc([C@@H](N)c3ccc(Cl)cc3)n[nH]2)cc1. The molecule has 0 saturated carbocycles. The van der Waals surface area contributed by atoms with Gasteiger partial charge in [-0.3, -0.25) is 5.10 Å². The van der Waals surface area contributed by atoms with Gasteiger partial charge in [-0.2, -0.15) is 5.10 Å². The van der Waals surface area contributed by atoms with Crippen molar-refractivity contribution in [3.63, 3.8) is 0 Å². The summed E-state index contributed by atoms with van der Waals surface area (Å²) in [6.07, 6.45) is 0. The highest BCUT2D eigenvalue weighted by atomic mass is 35.5. The van der Waals surface area contributed by atoms with Gasteiger partial charge in [-0.05, 0) is 42.0 Å². The number of H-pyrrole nitrogens is 1. The first-order valence-electron chi connectivity index (χ1n) is 7.46. The third-order valence-electron chi connectivity index (χ3n) is 3.61. The van der Waals surface area contributed by atoms with E-state index in [-0.39, 0.29) is 0 Å². The zero-order valence-electron chi connectivity index (χ0n) is 13.2. The molecular weight excluding hydrogens is 326 g/mol. The monoisotopic (exact) mass is 343 g/mol. The van der Waals surface area contributed by atoms with E-state index in [1.165, 1.54) is 0 Å². The Bertz CT molecular complexity index is 786. The molecule has 0 spiro atoms. The summed E-state index contributed by atoms with van der Waals surface area (Å²) in [7, 11) is 1.64. The van der Waals surface area contributed by atoms with Gasteiger partial charge >= 0.3 is 0 Å². The zero-order valence-corrected chi connectivity index (χ0v) is 13.9. The van der Waals surface area contributed by atoms with Gasteiger partial charge in [0.25, 0.3) is 0 Å². The van der Waals surface area contributed by atoms with Crippen LogP contribution in [-0.2, 0) is 6.54 Å². The molecule has 0 aliphatic heterocycles. The first-order valence-corrected chi connectivity index (χ1v) is 7.83. The highest BCUT2D eigenvalue weighted by Crippen LogP contribution is 2.19. The number of halogens is 1. The molecular formula is C17H18ClN5O. The number of anilines is 1. The van der Waals surface area contributed by atoms with E-state index in [0.29, 0.717) is 23.2 Å². The second-order valence-corrected chi connectivity index (χ2v) is 5.69. The van der Waals surface area contributed by atoms with Gasteiger partial charge in [-0.1, -0.05) is 23.7 Å². The van der Waals surface area contributed by atoms with E-state index >= 15 is 0 Å². The van der Waals surface area contributed by atoms with Crippen molar-refractivity contribution in [2.24, 2.45) is 5.73 Å². The van der Waals surface area contributed by atoms with Crippen molar-refractivity contribution >= 4 is 17.3 Å². The molecule has 0 aliphatic carbocycles. The maximum atomic E-state index is 6.20. The van der Waals surface area contributed by atoms with Gasteiger partial charge in [0.05, 0.1) is 19.7 Å². The zero-order chi connectivity index (χ0) is 16.9. The lowest BCUT2D eigenvalue weighted by atomic mass is 10.1. The van der Waals surface area contributed by atoms with E-state index in [0.717, 1.165) is 17.0 Å². The van der Waals surface area contributed by atoms with Gasteiger partial charge in [0.15, 0.2) is 5.82 Å². The van der Waals surface area contributed by atoms with Crippen molar-refractivity contribution in [1.29, 1.82) is 0 Å². The van der Waals surface area contributed by atoms with Crippen molar-refractivity contribution in [2.45, 2.75) is 12.6 Å². The van der Waals surface area contributed by atoms with E-state index in [4.69, 9.17) is 22.1 Å². The summed E-state index contributed by atoms with van der Waals surface area (Å²) in [4.78, 5) is 4.45. The van der Waals surface area contributed by atoms with Crippen LogP contribution in [0, 0.1) is 0 Å². The molecule has 0 saturated heterocycles. The number of methoxy groups -OCH3 is 1. The number of aromatic nitrogens is 3. The van der Waals surface area contributed by atoms with Crippen LogP contribution >= 0.6 is 11.6 Å². The molecule has 3 rings (SSSR count). The van der Waals surface area contributed by atoms with Crippen LogP contribution in [0.2, 0.25) is 5.02 Å². The van der Waals surface area contributed by atoms with Crippen molar-refractivity contribution in [2.75, 3.05) is 12.4 Å². The third-order valence-corrected chi connectivity index (χ3v) is 3.86. The van der Waals surface area contributed by atoms with Crippen LogP contribution in [0.25, 0.3) is 0 Å². The van der Waals surface area contributed by atoms with Gasteiger partial charge in [-0.15, -0.1) is 0 Å². The number of aromatic amines is 1. The summed E-state index contributed by atoms with van der Waals surface area (Å²) in [6, 6.07) is 14.6. The lowest BCUT2D eigenvalue weighted by molar-refractivity contribution is 0.415. The van der Waals surface area contributed by atoms with Crippen LogP contribution in [-0.4, -0.2) is 22.3 Å². The quantitative estimate of drug-likeness (QED) is 0.640. The van der Waals surface area contributed by atoms with E-state index in [1.54, 1.807) is 19.2 Å². The van der Waals surface area contributed by atoms with Crippen LogP contribution in [0.15, 0.2) is 48.5 Å². The maximum absolute atomic E-state index is 6.20. The lowest BCUT2D eigenvalue weighted by Gasteiger charge is -2.07. The second kappa shape index (κ2) is 7.33. The molecule has 1 atom stereocenters. The Morgan fingerprint density at radius 3 is 2.54 bits per heavy atom. The molecule has 4 N–H and O–H groups in total. The Balaban J connectivity index is 1.63. The van der Waals surface area contributed by atoms with Crippen LogP contribution in [0.1, 0.15) is 23.3 Å². The Morgan fingerprint density at radius 2 is 1.88 bits per heavy atom. The standard InChI is InChI=1S/C17H18ClN5O/c1-24-14-8-6-13(7-9-14)20-10-15-21-17(23-22-15)16(19)11-2-4-12(18)5-3-11/h2-9,16,20H,10,19H2,1H3,(H,21,22,23)/t16-/m0/s1. The minimum absolute atomic E-state index is 0.395. The number of rotatable bonds is 6. The minimum Gasteiger partial charge on any atom is -0.497 e. The fourth-order valence-electron chi connectivity index (χ4n) is 2.24. The smallest absolute Gasteiger partial charge is 0.171 e. The molecule has 0 fully saturated rings. The van der Waals surface area contributed by atoms with Gasteiger partial charge in [0.2, 0.25) is 0 Å². The van der Waals surface area contributed by atoms with Crippen molar-refractivity contribution < 1.29 is 4.74 Å². The molecule has 1 aromatic heterocycles. The molecule has 1 heterocycles. The normalized spacial score (nSPS) is 12.0. The highest BCUT2D eigenvalue weighted by Gasteiger charge is 2.14. The van der Waals surface area contributed by atoms with E-state index in [9.17, 15) is 0 Å². The molecule has 0 bridgehead atoms. The first-order chi connectivity index (χ1) is 11.7. The van der Waals surface area contributed by atoms with E-state index in [2.05, 4.69) is 20.5 Å². The summed E-state index contributed by atoms with van der Waals surface area (Å²) >= 11 is 5.89. The third kappa shape index (κ3) is 3.84. The molecule has 0 radical (unpaired) electrons. The van der Waals surface area contributed by atoms with Gasteiger partial charge < -0.3 is 15.8 Å². The summed E-state index contributed by atoms with van der Waals surface area (Å²) in [5.41, 5.74) is 8.08. The molecule has 7 heteroatoms. The molecule has 6 nitrogen and oxygen atoms in total. The second-order valence-electron chi connectivity index (χ2n) is 5.25. The van der Waals surface area contributed by atoms with Crippen LogP contribution in [0.3, 0.4) is 0 Å². The number of nitrogens with one attached hydrogen (secondary N) is 2. The van der Waals surface area contributed by atoms with Crippen LogP contribution < -0.4 is 15.8 Å². The van der Waals surface area contributed by atoms with Crippen molar-refractivity contribution in [3.8, 4) is 5.75 Å². The fourth-order valence-corrected chi connectivity index (χ4v) is 2.37. The molecule has 0 unspecified atom stereocenters. The molecule has 0 aliphatic rings.